The zero-order valence-electron chi connectivity index (χ0n) is 12.9. The lowest BCUT2D eigenvalue weighted by atomic mass is 9.93. The first-order chi connectivity index (χ1) is 9.49. The van der Waals surface area contributed by atoms with E-state index < -0.39 is 0 Å². The number of nitrogens with zero attached hydrogens (tertiary/aromatic N) is 1. The van der Waals surface area contributed by atoms with E-state index in [1.807, 2.05) is 25.1 Å². The number of nitrogen functional groups attached to an aromatic ring is 1. The summed E-state index contributed by atoms with van der Waals surface area (Å²) < 4.78 is 0. The Balaban J connectivity index is 2.23. The fourth-order valence-electron chi connectivity index (χ4n) is 3.08. The quantitative estimate of drug-likeness (QED) is 0.856. The van der Waals surface area contributed by atoms with Crippen LogP contribution in [0.5, 0.6) is 0 Å². The summed E-state index contributed by atoms with van der Waals surface area (Å²) >= 11 is 0. The Morgan fingerprint density at radius 3 is 2.85 bits per heavy atom. The van der Waals surface area contributed by atoms with Gasteiger partial charge in [0.2, 0.25) is 0 Å². The number of carbonyl (C=O) groups excluding carboxylic acids is 1. The molecular weight excluding hydrogens is 248 g/mol. The Hall–Kier alpha value is -1.51. The molecule has 0 spiro atoms. The third kappa shape index (κ3) is 3.33. The van der Waals surface area contributed by atoms with Crippen molar-refractivity contribution < 1.29 is 4.79 Å². The molecule has 1 aromatic carbocycles. The van der Waals surface area contributed by atoms with Gasteiger partial charge in [-0.15, -0.1) is 0 Å². The lowest BCUT2D eigenvalue weighted by Crippen LogP contribution is -2.44. The van der Waals surface area contributed by atoms with E-state index in [2.05, 4.69) is 18.7 Å². The van der Waals surface area contributed by atoms with Crippen molar-refractivity contribution in [2.24, 2.45) is 5.92 Å². The Morgan fingerprint density at radius 1 is 1.40 bits per heavy atom. The van der Waals surface area contributed by atoms with Crippen molar-refractivity contribution in [1.29, 1.82) is 0 Å². The van der Waals surface area contributed by atoms with E-state index in [1.54, 1.807) is 0 Å². The monoisotopic (exact) mass is 274 g/mol. The van der Waals surface area contributed by atoms with Crippen LogP contribution < -0.4 is 5.73 Å². The van der Waals surface area contributed by atoms with Gasteiger partial charge in [0.25, 0.3) is 5.91 Å². The van der Waals surface area contributed by atoms with E-state index in [-0.39, 0.29) is 5.91 Å². The molecule has 3 nitrogen and oxygen atoms in total. The number of amides is 1. The largest absolute Gasteiger partial charge is 0.399 e. The van der Waals surface area contributed by atoms with E-state index in [4.69, 9.17) is 5.73 Å². The van der Waals surface area contributed by atoms with Crippen molar-refractivity contribution in [3.05, 3.63) is 29.3 Å². The molecular formula is C17H26N2O. The SMILES string of the molecule is Cc1ccc(N)cc1C(=O)N1CCCCC1CC(C)C. The van der Waals surface area contributed by atoms with Gasteiger partial charge in [0.15, 0.2) is 0 Å². The van der Waals surface area contributed by atoms with Crippen molar-refractivity contribution in [2.45, 2.75) is 52.5 Å². The summed E-state index contributed by atoms with van der Waals surface area (Å²) in [4.78, 5) is 14.9. The maximum absolute atomic E-state index is 12.8. The first-order valence-corrected chi connectivity index (χ1v) is 7.66. The van der Waals surface area contributed by atoms with Gasteiger partial charge in [0, 0.05) is 23.8 Å². The standard InChI is InChI=1S/C17H26N2O/c1-12(2)10-15-6-4-5-9-19(15)17(20)16-11-14(18)8-7-13(16)3/h7-8,11-12,15H,4-6,9-10,18H2,1-3H3. The molecule has 1 aliphatic rings. The number of rotatable bonds is 3. The molecule has 0 aromatic heterocycles. The van der Waals surface area contributed by atoms with Crippen LogP contribution in [0.3, 0.4) is 0 Å². The van der Waals surface area contributed by atoms with Crippen molar-refractivity contribution in [1.82, 2.24) is 4.90 Å². The first kappa shape index (κ1) is 14.9. The van der Waals surface area contributed by atoms with Gasteiger partial charge in [-0.1, -0.05) is 19.9 Å². The molecule has 2 N–H and O–H groups in total. The molecule has 0 radical (unpaired) electrons. The maximum Gasteiger partial charge on any atom is 0.254 e. The Bertz CT molecular complexity index is 482. The van der Waals surface area contributed by atoms with Crippen molar-refractivity contribution >= 4 is 11.6 Å². The molecule has 1 unspecified atom stereocenters. The number of carbonyl (C=O) groups is 1. The molecule has 0 bridgehead atoms. The van der Waals surface area contributed by atoms with Crippen LogP contribution in [0.4, 0.5) is 5.69 Å². The third-order valence-electron chi connectivity index (χ3n) is 4.12. The molecule has 110 valence electrons. The van der Waals surface area contributed by atoms with Gasteiger partial charge in [-0.2, -0.15) is 0 Å². The predicted octanol–water partition coefficient (Wildman–Crippen LogP) is 3.62. The van der Waals surface area contributed by atoms with Crippen molar-refractivity contribution in [3.63, 3.8) is 0 Å². The average Bonchev–Trinajstić information content (AvgIpc) is 2.41. The summed E-state index contributed by atoms with van der Waals surface area (Å²) in [6.45, 7) is 7.31. The lowest BCUT2D eigenvalue weighted by molar-refractivity contribution is 0.0583. The van der Waals surface area contributed by atoms with Crippen LogP contribution in [0.2, 0.25) is 0 Å². The number of likely N-dealkylation sites (tertiary alicyclic amines) is 1. The van der Waals surface area contributed by atoms with Crippen LogP contribution in [0.15, 0.2) is 18.2 Å². The fraction of sp³-hybridized carbons (Fsp3) is 0.588. The number of hydrogen-bond acceptors (Lipinski definition) is 2. The Labute approximate surface area is 122 Å². The average molecular weight is 274 g/mol. The van der Waals surface area contributed by atoms with Crippen molar-refractivity contribution in [3.8, 4) is 0 Å². The molecule has 1 amide bonds. The minimum Gasteiger partial charge on any atom is -0.399 e. The molecule has 20 heavy (non-hydrogen) atoms. The van der Waals surface area contributed by atoms with Crippen LogP contribution in [0.25, 0.3) is 0 Å². The highest BCUT2D eigenvalue weighted by Gasteiger charge is 2.28. The molecule has 1 atom stereocenters. The van der Waals surface area contributed by atoms with Gasteiger partial charge in [-0.05, 0) is 56.2 Å². The van der Waals surface area contributed by atoms with Gasteiger partial charge < -0.3 is 10.6 Å². The minimum absolute atomic E-state index is 0.153. The van der Waals surface area contributed by atoms with Crippen LogP contribution in [0, 0.1) is 12.8 Å². The molecule has 1 aromatic rings. The van der Waals surface area contributed by atoms with E-state index >= 15 is 0 Å². The van der Waals surface area contributed by atoms with E-state index in [1.165, 1.54) is 6.42 Å². The summed E-state index contributed by atoms with van der Waals surface area (Å²) in [5, 5.41) is 0. The van der Waals surface area contributed by atoms with Gasteiger partial charge in [-0.25, -0.2) is 0 Å². The second-order valence-electron chi connectivity index (χ2n) is 6.35. The molecule has 2 rings (SSSR count). The highest BCUT2D eigenvalue weighted by atomic mass is 16.2. The summed E-state index contributed by atoms with van der Waals surface area (Å²) in [6, 6.07) is 5.99. The smallest absolute Gasteiger partial charge is 0.254 e. The number of piperidine rings is 1. The van der Waals surface area contributed by atoms with Gasteiger partial charge in [0.1, 0.15) is 0 Å². The summed E-state index contributed by atoms with van der Waals surface area (Å²) in [6.07, 6.45) is 4.57. The van der Waals surface area contributed by atoms with E-state index in [0.717, 1.165) is 36.9 Å². The van der Waals surface area contributed by atoms with Crippen LogP contribution in [-0.4, -0.2) is 23.4 Å². The van der Waals surface area contributed by atoms with E-state index in [9.17, 15) is 4.79 Å². The first-order valence-electron chi connectivity index (χ1n) is 7.66. The molecule has 1 saturated heterocycles. The normalized spacial score (nSPS) is 19.4. The number of aryl methyl sites for hydroxylation is 1. The Kier molecular flexibility index (Phi) is 4.69. The van der Waals surface area contributed by atoms with Crippen LogP contribution in [-0.2, 0) is 0 Å². The number of hydrogen-bond donors (Lipinski definition) is 1. The molecule has 0 aliphatic carbocycles. The lowest BCUT2D eigenvalue weighted by Gasteiger charge is -2.37. The van der Waals surface area contributed by atoms with Gasteiger partial charge in [-0.3, -0.25) is 4.79 Å². The maximum atomic E-state index is 12.8. The zero-order valence-corrected chi connectivity index (χ0v) is 12.9. The molecule has 1 aliphatic heterocycles. The summed E-state index contributed by atoms with van der Waals surface area (Å²) in [5.41, 5.74) is 8.28. The Morgan fingerprint density at radius 2 is 2.15 bits per heavy atom. The predicted molar refractivity (Wildman–Crippen MR) is 83.7 cm³/mol. The van der Waals surface area contributed by atoms with Crippen LogP contribution >= 0.6 is 0 Å². The van der Waals surface area contributed by atoms with Gasteiger partial charge >= 0.3 is 0 Å². The highest BCUT2D eigenvalue weighted by Crippen LogP contribution is 2.26. The highest BCUT2D eigenvalue weighted by molar-refractivity contribution is 5.96. The summed E-state index contributed by atoms with van der Waals surface area (Å²) in [7, 11) is 0. The third-order valence-corrected chi connectivity index (χ3v) is 4.12. The minimum atomic E-state index is 0.153. The number of nitrogens with two attached hydrogens (primary N) is 1. The summed E-state index contributed by atoms with van der Waals surface area (Å²) in [5.74, 6) is 0.774. The fourth-order valence-corrected chi connectivity index (χ4v) is 3.08. The second kappa shape index (κ2) is 6.29. The molecule has 0 saturated carbocycles. The van der Waals surface area contributed by atoms with E-state index in [0.29, 0.717) is 17.6 Å². The molecule has 1 heterocycles. The van der Waals surface area contributed by atoms with Crippen LogP contribution in [0.1, 0.15) is 55.5 Å². The number of anilines is 1. The topological polar surface area (TPSA) is 46.3 Å². The molecule has 3 heteroatoms. The zero-order chi connectivity index (χ0) is 14.7. The number of benzene rings is 1. The molecule has 1 fully saturated rings. The van der Waals surface area contributed by atoms with Crippen molar-refractivity contribution in [2.75, 3.05) is 12.3 Å². The second-order valence-corrected chi connectivity index (χ2v) is 6.35. The van der Waals surface area contributed by atoms with Gasteiger partial charge in [0.05, 0.1) is 0 Å².